The SMILES string of the molecule is CCC1(CNC(=O)NCC(O)c2ccc(OC(C)C)cc2)CC1. The molecule has 0 bridgehead atoms. The van der Waals surface area contributed by atoms with Gasteiger partial charge in [-0.25, -0.2) is 4.79 Å². The van der Waals surface area contributed by atoms with Crippen LogP contribution in [-0.4, -0.2) is 30.3 Å². The fraction of sp³-hybridized carbons (Fsp3) is 0.611. The van der Waals surface area contributed by atoms with E-state index in [0.717, 1.165) is 17.7 Å². The van der Waals surface area contributed by atoms with Crippen molar-refractivity contribution in [3.05, 3.63) is 29.8 Å². The van der Waals surface area contributed by atoms with E-state index in [1.165, 1.54) is 12.8 Å². The molecule has 5 nitrogen and oxygen atoms in total. The Bertz CT molecular complexity index is 510. The second kappa shape index (κ2) is 7.68. The molecule has 0 heterocycles. The molecule has 1 aliphatic carbocycles. The zero-order chi connectivity index (χ0) is 16.9. The fourth-order valence-electron chi connectivity index (χ4n) is 2.51. The molecule has 3 N–H and O–H groups in total. The highest BCUT2D eigenvalue weighted by Crippen LogP contribution is 2.47. The standard InChI is InChI=1S/C18H28N2O3/c1-4-18(9-10-18)12-20-17(22)19-11-16(21)14-5-7-15(8-6-14)23-13(2)3/h5-8,13,16,21H,4,9-12H2,1-3H3,(H2,19,20,22). The van der Waals surface area contributed by atoms with Crippen molar-refractivity contribution in [1.82, 2.24) is 10.6 Å². The zero-order valence-electron chi connectivity index (χ0n) is 14.3. The molecule has 1 aliphatic rings. The molecule has 5 heteroatoms. The smallest absolute Gasteiger partial charge is 0.314 e. The van der Waals surface area contributed by atoms with E-state index in [-0.39, 0.29) is 18.7 Å². The third-order valence-electron chi connectivity index (χ3n) is 4.42. The Morgan fingerprint density at radius 1 is 1.26 bits per heavy atom. The molecule has 0 aromatic heterocycles. The minimum Gasteiger partial charge on any atom is -0.491 e. The van der Waals surface area contributed by atoms with Gasteiger partial charge in [0, 0.05) is 13.1 Å². The molecule has 1 saturated carbocycles. The lowest BCUT2D eigenvalue weighted by atomic mass is 10.0. The van der Waals surface area contributed by atoms with Crippen LogP contribution in [0.2, 0.25) is 0 Å². The van der Waals surface area contributed by atoms with Crippen LogP contribution in [0.3, 0.4) is 0 Å². The van der Waals surface area contributed by atoms with Crippen LogP contribution in [0.4, 0.5) is 4.79 Å². The van der Waals surface area contributed by atoms with E-state index < -0.39 is 6.10 Å². The molecule has 0 aliphatic heterocycles. The largest absolute Gasteiger partial charge is 0.491 e. The Hall–Kier alpha value is -1.75. The molecule has 0 saturated heterocycles. The highest BCUT2D eigenvalue weighted by molar-refractivity contribution is 5.73. The van der Waals surface area contributed by atoms with Gasteiger partial charge in [-0.05, 0) is 56.2 Å². The molecular formula is C18H28N2O3. The first-order chi connectivity index (χ1) is 10.9. The van der Waals surface area contributed by atoms with Crippen molar-refractivity contribution in [3.8, 4) is 5.75 Å². The number of aliphatic hydroxyl groups excluding tert-OH is 1. The number of hydrogen-bond donors (Lipinski definition) is 3. The first-order valence-corrected chi connectivity index (χ1v) is 8.40. The molecule has 1 unspecified atom stereocenters. The maximum Gasteiger partial charge on any atom is 0.314 e. The molecule has 0 radical (unpaired) electrons. The van der Waals surface area contributed by atoms with Crippen molar-refractivity contribution < 1.29 is 14.6 Å². The summed E-state index contributed by atoms with van der Waals surface area (Å²) >= 11 is 0. The summed E-state index contributed by atoms with van der Waals surface area (Å²) in [7, 11) is 0. The van der Waals surface area contributed by atoms with Crippen molar-refractivity contribution in [3.63, 3.8) is 0 Å². The number of carbonyl (C=O) groups is 1. The van der Waals surface area contributed by atoms with Gasteiger partial charge in [0.2, 0.25) is 0 Å². The van der Waals surface area contributed by atoms with Crippen LogP contribution in [0.25, 0.3) is 0 Å². The Balaban J connectivity index is 1.73. The summed E-state index contributed by atoms with van der Waals surface area (Å²) in [5.74, 6) is 0.774. The highest BCUT2D eigenvalue weighted by Gasteiger charge is 2.40. The molecule has 2 amide bonds. The number of benzene rings is 1. The number of hydrogen-bond acceptors (Lipinski definition) is 3. The zero-order valence-corrected chi connectivity index (χ0v) is 14.3. The van der Waals surface area contributed by atoms with Crippen molar-refractivity contribution in [1.29, 1.82) is 0 Å². The Morgan fingerprint density at radius 2 is 1.91 bits per heavy atom. The topological polar surface area (TPSA) is 70.6 Å². The van der Waals surface area contributed by atoms with Gasteiger partial charge in [-0.2, -0.15) is 0 Å². The third-order valence-corrected chi connectivity index (χ3v) is 4.42. The van der Waals surface area contributed by atoms with Crippen molar-refractivity contribution in [2.24, 2.45) is 5.41 Å². The van der Waals surface area contributed by atoms with Crippen LogP contribution in [-0.2, 0) is 0 Å². The molecule has 1 atom stereocenters. The monoisotopic (exact) mass is 320 g/mol. The Morgan fingerprint density at radius 3 is 2.43 bits per heavy atom. The third kappa shape index (κ3) is 5.43. The second-order valence-corrected chi connectivity index (χ2v) is 6.67. The van der Waals surface area contributed by atoms with E-state index in [2.05, 4.69) is 17.6 Å². The van der Waals surface area contributed by atoms with Gasteiger partial charge in [-0.1, -0.05) is 19.1 Å². The summed E-state index contributed by atoms with van der Waals surface area (Å²) < 4.78 is 5.57. The summed E-state index contributed by atoms with van der Waals surface area (Å²) in [5.41, 5.74) is 1.08. The van der Waals surface area contributed by atoms with Gasteiger partial charge in [0.1, 0.15) is 5.75 Å². The number of urea groups is 1. The van der Waals surface area contributed by atoms with Crippen molar-refractivity contribution in [2.75, 3.05) is 13.1 Å². The lowest BCUT2D eigenvalue weighted by Crippen LogP contribution is -2.40. The average Bonchev–Trinajstić information content (AvgIpc) is 3.31. The van der Waals surface area contributed by atoms with Crippen molar-refractivity contribution >= 4 is 6.03 Å². The van der Waals surface area contributed by atoms with Gasteiger partial charge < -0.3 is 20.5 Å². The predicted molar refractivity (Wildman–Crippen MR) is 90.5 cm³/mol. The molecule has 1 fully saturated rings. The summed E-state index contributed by atoms with van der Waals surface area (Å²) in [4.78, 5) is 11.8. The number of nitrogens with one attached hydrogen (secondary N) is 2. The van der Waals surface area contributed by atoms with Crippen molar-refractivity contribution in [2.45, 2.75) is 52.2 Å². The molecule has 1 aromatic carbocycles. The Kier molecular flexibility index (Phi) is 5.88. The maximum atomic E-state index is 11.8. The minimum absolute atomic E-state index is 0.119. The number of amides is 2. The van der Waals surface area contributed by atoms with Crippen LogP contribution in [0, 0.1) is 5.41 Å². The normalized spacial score (nSPS) is 16.7. The van der Waals surface area contributed by atoms with Crippen LogP contribution in [0.5, 0.6) is 5.75 Å². The first-order valence-electron chi connectivity index (χ1n) is 8.40. The quantitative estimate of drug-likeness (QED) is 0.689. The van der Waals surface area contributed by atoms with E-state index in [0.29, 0.717) is 12.0 Å². The number of carbonyl (C=O) groups excluding carboxylic acids is 1. The van der Waals surface area contributed by atoms with E-state index in [1.807, 2.05) is 38.1 Å². The number of aliphatic hydroxyl groups is 1. The highest BCUT2D eigenvalue weighted by atomic mass is 16.5. The van der Waals surface area contributed by atoms with Gasteiger partial charge in [-0.3, -0.25) is 0 Å². The number of rotatable bonds is 8. The summed E-state index contributed by atoms with van der Waals surface area (Å²) in [5, 5.41) is 15.8. The van der Waals surface area contributed by atoms with Crippen LogP contribution in [0.15, 0.2) is 24.3 Å². The molecule has 2 rings (SSSR count). The van der Waals surface area contributed by atoms with E-state index in [1.54, 1.807) is 0 Å². The molecule has 1 aromatic rings. The van der Waals surface area contributed by atoms with Crippen LogP contribution in [0.1, 0.15) is 51.7 Å². The maximum absolute atomic E-state index is 11.8. The van der Waals surface area contributed by atoms with E-state index in [9.17, 15) is 9.90 Å². The van der Waals surface area contributed by atoms with Crippen LogP contribution >= 0.6 is 0 Å². The second-order valence-electron chi connectivity index (χ2n) is 6.67. The Labute approximate surface area is 138 Å². The van der Waals surface area contributed by atoms with Gasteiger partial charge in [-0.15, -0.1) is 0 Å². The van der Waals surface area contributed by atoms with Gasteiger partial charge >= 0.3 is 6.03 Å². The van der Waals surface area contributed by atoms with Gasteiger partial charge in [0.15, 0.2) is 0 Å². The molecule has 128 valence electrons. The molecule has 23 heavy (non-hydrogen) atoms. The lowest BCUT2D eigenvalue weighted by molar-refractivity contribution is 0.172. The fourth-order valence-corrected chi connectivity index (χ4v) is 2.51. The predicted octanol–water partition coefficient (Wildman–Crippen LogP) is 3.00. The average molecular weight is 320 g/mol. The summed E-state index contributed by atoms with van der Waals surface area (Å²) in [6.45, 7) is 7.00. The van der Waals surface area contributed by atoms with Gasteiger partial charge in [0.25, 0.3) is 0 Å². The lowest BCUT2D eigenvalue weighted by Gasteiger charge is -2.16. The summed E-state index contributed by atoms with van der Waals surface area (Å²) in [6, 6.07) is 7.08. The van der Waals surface area contributed by atoms with Gasteiger partial charge in [0.05, 0.1) is 12.2 Å². The first kappa shape index (κ1) is 17.6. The molecular weight excluding hydrogens is 292 g/mol. The van der Waals surface area contributed by atoms with E-state index >= 15 is 0 Å². The van der Waals surface area contributed by atoms with E-state index in [4.69, 9.17) is 4.74 Å². The summed E-state index contributed by atoms with van der Waals surface area (Å²) in [6.07, 6.45) is 2.87. The minimum atomic E-state index is -0.727. The number of ether oxygens (including phenoxy) is 1. The van der Waals surface area contributed by atoms with Crippen LogP contribution < -0.4 is 15.4 Å². The molecule has 0 spiro atoms.